The number of ether oxygens (including phenoxy) is 4. The molecule has 0 aliphatic heterocycles. The first-order valence-corrected chi connectivity index (χ1v) is 43.8. The maximum absolute atomic E-state index is 13.1. The smallest absolute Gasteiger partial charge is 0.462 e. The minimum Gasteiger partial charge on any atom is -0.462 e. The fourth-order valence-corrected chi connectivity index (χ4v) is 13.7. The lowest BCUT2D eigenvalue weighted by molar-refractivity contribution is -0.161. The predicted octanol–water partition coefficient (Wildman–Crippen LogP) is 23.4. The van der Waals surface area contributed by atoms with Crippen LogP contribution in [0.2, 0.25) is 0 Å². The lowest BCUT2D eigenvalue weighted by atomic mass is 10.0. The quantitative estimate of drug-likeness (QED) is 0.0222. The summed E-state index contributed by atoms with van der Waals surface area (Å²) in [5.74, 6) is 0.0886. The largest absolute Gasteiger partial charge is 0.472 e. The van der Waals surface area contributed by atoms with Crippen molar-refractivity contribution < 1.29 is 80.2 Å². The molecule has 5 atom stereocenters. The van der Waals surface area contributed by atoms with Crippen LogP contribution in [-0.2, 0) is 65.4 Å². The summed E-state index contributed by atoms with van der Waals surface area (Å²) in [5.41, 5.74) is 0. The molecule has 0 rings (SSSR count). The lowest BCUT2D eigenvalue weighted by Gasteiger charge is -2.21. The summed E-state index contributed by atoms with van der Waals surface area (Å²) < 4.78 is 68.6. The van der Waals surface area contributed by atoms with Gasteiger partial charge in [-0.05, 0) is 43.4 Å². The van der Waals surface area contributed by atoms with E-state index in [0.29, 0.717) is 37.5 Å². The molecule has 0 fully saturated rings. The van der Waals surface area contributed by atoms with Crippen LogP contribution in [0.1, 0.15) is 408 Å². The molecule has 17 nitrogen and oxygen atoms in total. The topological polar surface area (TPSA) is 237 Å². The van der Waals surface area contributed by atoms with Gasteiger partial charge in [-0.2, -0.15) is 0 Å². The van der Waals surface area contributed by atoms with Gasteiger partial charge in [-0.1, -0.05) is 357 Å². The number of hydrogen-bond acceptors (Lipinski definition) is 15. The monoisotopic (exact) mass is 1440 g/mol. The summed E-state index contributed by atoms with van der Waals surface area (Å²) >= 11 is 0. The van der Waals surface area contributed by atoms with E-state index in [1.165, 1.54) is 212 Å². The van der Waals surface area contributed by atoms with Crippen molar-refractivity contribution in [2.75, 3.05) is 39.6 Å². The van der Waals surface area contributed by atoms with Crippen LogP contribution in [0.4, 0.5) is 0 Å². The van der Waals surface area contributed by atoms with Gasteiger partial charge in [-0.3, -0.25) is 37.3 Å². The second kappa shape index (κ2) is 69.4. The molecule has 0 aliphatic rings. The molecule has 0 saturated carbocycles. The van der Waals surface area contributed by atoms with Crippen molar-refractivity contribution in [1.29, 1.82) is 0 Å². The van der Waals surface area contributed by atoms with Crippen molar-refractivity contribution >= 4 is 39.5 Å². The summed E-state index contributed by atoms with van der Waals surface area (Å²) in [5, 5.41) is 10.6. The van der Waals surface area contributed by atoms with Crippen LogP contribution in [0, 0.1) is 17.8 Å². The number of rotatable bonds is 77. The van der Waals surface area contributed by atoms with Gasteiger partial charge in [0.15, 0.2) is 12.2 Å². The number of phosphoric acid groups is 2. The van der Waals surface area contributed by atoms with Crippen molar-refractivity contribution in [2.24, 2.45) is 17.8 Å². The molecule has 3 N–H and O–H groups in total. The van der Waals surface area contributed by atoms with Crippen LogP contribution in [0.15, 0.2) is 0 Å². The molecule has 0 heterocycles. The maximum Gasteiger partial charge on any atom is 0.472 e. The van der Waals surface area contributed by atoms with E-state index in [1.807, 2.05) is 0 Å². The zero-order chi connectivity index (χ0) is 72.3. The maximum atomic E-state index is 13.1. The number of carbonyl (C=O) groups excluding carboxylic acids is 4. The van der Waals surface area contributed by atoms with Crippen LogP contribution in [0.25, 0.3) is 0 Å². The molecule has 0 bridgehead atoms. The molecular weight excluding hydrogens is 1280 g/mol. The molecule has 2 unspecified atom stereocenters. The fraction of sp³-hybridized carbons (Fsp3) is 0.949. The minimum atomic E-state index is -4.96. The number of hydrogen-bond donors (Lipinski definition) is 3. The van der Waals surface area contributed by atoms with Gasteiger partial charge in [-0.15, -0.1) is 0 Å². The van der Waals surface area contributed by atoms with Gasteiger partial charge in [0.25, 0.3) is 0 Å². The van der Waals surface area contributed by atoms with E-state index < -0.39 is 97.5 Å². The molecule has 0 aromatic carbocycles. The Labute approximate surface area is 600 Å². The molecule has 0 amide bonds. The molecular formula is C79H154O17P2. The van der Waals surface area contributed by atoms with Crippen LogP contribution in [0.3, 0.4) is 0 Å². The third-order valence-electron chi connectivity index (χ3n) is 18.4. The van der Waals surface area contributed by atoms with Crippen molar-refractivity contribution in [1.82, 2.24) is 0 Å². The first-order valence-electron chi connectivity index (χ1n) is 40.8. The van der Waals surface area contributed by atoms with Crippen LogP contribution in [-0.4, -0.2) is 96.7 Å². The van der Waals surface area contributed by atoms with Crippen LogP contribution >= 0.6 is 15.6 Å². The van der Waals surface area contributed by atoms with E-state index >= 15 is 0 Å². The van der Waals surface area contributed by atoms with E-state index in [4.69, 9.17) is 37.0 Å². The Kier molecular flexibility index (Phi) is 68.1. The number of phosphoric ester groups is 2. The van der Waals surface area contributed by atoms with Gasteiger partial charge >= 0.3 is 39.5 Å². The Hall–Kier alpha value is -1.94. The number of carbonyl (C=O) groups is 4. The van der Waals surface area contributed by atoms with Crippen LogP contribution in [0.5, 0.6) is 0 Å². The molecule has 0 radical (unpaired) electrons. The zero-order valence-corrected chi connectivity index (χ0v) is 66.0. The number of unbranched alkanes of at least 4 members (excludes halogenated alkanes) is 45. The average Bonchev–Trinajstić information content (AvgIpc) is 1.08. The summed E-state index contributed by atoms with van der Waals surface area (Å²) in [6, 6.07) is 0. The normalized spacial score (nSPS) is 14.0. The Morgan fingerprint density at radius 1 is 0.276 bits per heavy atom. The van der Waals surface area contributed by atoms with Gasteiger partial charge in [0.1, 0.15) is 19.3 Å². The molecule has 582 valence electrons. The number of aliphatic hydroxyl groups excluding tert-OH is 1. The van der Waals surface area contributed by atoms with E-state index in [2.05, 4.69) is 48.5 Å². The average molecular weight is 1440 g/mol. The Morgan fingerprint density at radius 2 is 0.469 bits per heavy atom. The van der Waals surface area contributed by atoms with Gasteiger partial charge < -0.3 is 33.8 Å². The Morgan fingerprint density at radius 3 is 0.694 bits per heavy atom. The first-order chi connectivity index (χ1) is 47.2. The van der Waals surface area contributed by atoms with Crippen molar-refractivity contribution in [2.45, 2.75) is 426 Å². The van der Waals surface area contributed by atoms with Crippen molar-refractivity contribution in [3.8, 4) is 0 Å². The molecule has 0 aromatic rings. The Bertz CT molecular complexity index is 1900. The number of aliphatic hydroxyl groups is 1. The van der Waals surface area contributed by atoms with Gasteiger partial charge in [0.05, 0.1) is 26.4 Å². The summed E-state index contributed by atoms with van der Waals surface area (Å²) in [4.78, 5) is 72.8. The van der Waals surface area contributed by atoms with Gasteiger partial charge in [0.2, 0.25) is 0 Å². The molecule has 0 aliphatic carbocycles. The van der Waals surface area contributed by atoms with E-state index in [-0.39, 0.29) is 25.7 Å². The third-order valence-corrected chi connectivity index (χ3v) is 20.3. The SMILES string of the molecule is CCCCCCCCCCCCCCCCCCCCCCC(=O)O[C@H](COC(=O)CCCCCCCCCCCCCCCCCC(C)C)COP(=O)(O)OC[C@@H](O)COP(=O)(O)OC[C@@H](COC(=O)CCCCCCCCCC(C)C)OC(=O)CCCCCCCCCC(C)C. The van der Waals surface area contributed by atoms with Crippen LogP contribution < -0.4 is 0 Å². The minimum absolute atomic E-state index is 0.103. The van der Waals surface area contributed by atoms with E-state index in [0.717, 1.165) is 102 Å². The predicted molar refractivity (Wildman–Crippen MR) is 400 cm³/mol. The van der Waals surface area contributed by atoms with Gasteiger partial charge in [0, 0.05) is 25.7 Å². The van der Waals surface area contributed by atoms with Gasteiger partial charge in [-0.25, -0.2) is 9.13 Å². The number of esters is 4. The molecule has 0 aromatic heterocycles. The molecule has 0 saturated heterocycles. The summed E-state index contributed by atoms with van der Waals surface area (Å²) in [6.45, 7) is 11.8. The van der Waals surface area contributed by atoms with E-state index in [1.54, 1.807) is 0 Å². The first kappa shape index (κ1) is 96.1. The highest BCUT2D eigenvalue weighted by Gasteiger charge is 2.30. The third kappa shape index (κ3) is 72.4. The van der Waals surface area contributed by atoms with Crippen molar-refractivity contribution in [3.63, 3.8) is 0 Å². The summed E-state index contributed by atoms with van der Waals surface area (Å²) in [7, 11) is -9.91. The van der Waals surface area contributed by atoms with E-state index in [9.17, 15) is 43.2 Å². The lowest BCUT2D eigenvalue weighted by Crippen LogP contribution is -2.30. The standard InChI is InChI=1S/C79H154O17P2/c1-8-9-10-11-12-13-14-15-16-17-18-19-20-23-27-30-33-40-48-55-62-78(83)95-74(66-89-76(81)60-53-46-39-32-29-26-24-21-22-25-28-31-36-43-50-57-70(2)3)68-93-97(85,86)91-64-73(80)65-92-98(87,88)94-69-75(96-79(84)63-56-49-42-35-38-45-52-59-72(6)7)67-90-77(82)61-54-47-41-34-37-44-51-58-71(4)5/h70-75,80H,8-69H2,1-7H3,(H,85,86)(H,87,88)/t73-,74-,75-/m1/s1. The molecule has 98 heavy (non-hydrogen) atoms. The molecule has 19 heteroatoms. The highest BCUT2D eigenvalue weighted by atomic mass is 31.2. The summed E-state index contributed by atoms with van der Waals surface area (Å²) in [6.07, 6.45) is 57.3. The Balaban J connectivity index is 5.20. The highest BCUT2D eigenvalue weighted by Crippen LogP contribution is 2.45. The second-order valence-corrected chi connectivity index (χ2v) is 32.8. The van der Waals surface area contributed by atoms with Crippen molar-refractivity contribution in [3.05, 3.63) is 0 Å². The zero-order valence-electron chi connectivity index (χ0n) is 64.3. The fourth-order valence-electron chi connectivity index (χ4n) is 12.1. The highest BCUT2D eigenvalue weighted by molar-refractivity contribution is 7.47. The molecule has 0 spiro atoms. The second-order valence-electron chi connectivity index (χ2n) is 29.9.